The monoisotopic (exact) mass is 352 g/mol. The van der Waals surface area contributed by atoms with Gasteiger partial charge in [0.25, 0.3) is 6.43 Å². The summed E-state index contributed by atoms with van der Waals surface area (Å²) >= 11 is 0. The molecule has 0 aliphatic rings. The van der Waals surface area contributed by atoms with Crippen LogP contribution in [0, 0.1) is 0 Å². The SMILES string of the molecule is COc1ccc(-n2c(-c3ccccn3)nc3cc(C(F)F)ccc32)cn1. The number of nitrogens with zero attached hydrogens (tertiary/aromatic N) is 4. The lowest BCUT2D eigenvalue weighted by atomic mass is 10.2. The molecule has 7 heteroatoms. The van der Waals surface area contributed by atoms with Crippen molar-refractivity contribution in [2.24, 2.45) is 0 Å². The summed E-state index contributed by atoms with van der Waals surface area (Å²) in [6, 6.07) is 13.5. The van der Waals surface area contributed by atoms with Gasteiger partial charge in [-0.05, 0) is 30.3 Å². The fourth-order valence-corrected chi connectivity index (χ4v) is 2.79. The zero-order valence-corrected chi connectivity index (χ0v) is 13.8. The van der Waals surface area contributed by atoms with E-state index in [4.69, 9.17) is 4.74 Å². The number of aromatic nitrogens is 4. The van der Waals surface area contributed by atoms with Gasteiger partial charge < -0.3 is 4.74 Å². The quantitative estimate of drug-likeness (QED) is 0.545. The molecule has 0 spiro atoms. The van der Waals surface area contributed by atoms with Gasteiger partial charge in [0.1, 0.15) is 5.69 Å². The molecule has 0 aliphatic carbocycles. The highest BCUT2D eigenvalue weighted by Gasteiger charge is 2.17. The third-order valence-electron chi connectivity index (χ3n) is 4.01. The third-order valence-corrected chi connectivity index (χ3v) is 4.01. The summed E-state index contributed by atoms with van der Waals surface area (Å²) in [7, 11) is 1.54. The molecule has 0 radical (unpaired) electrons. The Morgan fingerprint density at radius 3 is 2.58 bits per heavy atom. The summed E-state index contributed by atoms with van der Waals surface area (Å²) in [6.45, 7) is 0. The number of halogens is 2. The molecule has 0 saturated carbocycles. The largest absolute Gasteiger partial charge is 0.481 e. The lowest BCUT2D eigenvalue weighted by Crippen LogP contribution is -2.00. The van der Waals surface area contributed by atoms with Crippen LogP contribution in [0.5, 0.6) is 5.88 Å². The van der Waals surface area contributed by atoms with Gasteiger partial charge in [-0.15, -0.1) is 0 Å². The minimum Gasteiger partial charge on any atom is -0.481 e. The molecule has 0 N–H and O–H groups in total. The Balaban J connectivity index is 1.98. The zero-order chi connectivity index (χ0) is 18.1. The Bertz CT molecular complexity index is 1050. The summed E-state index contributed by atoms with van der Waals surface area (Å²) in [6.07, 6.45) is 0.758. The van der Waals surface area contributed by atoms with Gasteiger partial charge in [-0.3, -0.25) is 9.55 Å². The second kappa shape index (κ2) is 6.51. The summed E-state index contributed by atoms with van der Waals surface area (Å²) in [5.41, 5.74) is 2.47. The van der Waals surface area contributed by atoms with E-state index in [1.807, 2.05) is 22.8 Å². The number of rotatable bonds is 4. The lowest BCUT2D eigenvalue weighted by molar-refractivity contribution is 0.151. The second-order valence-electron chi connectivity index (χ2n) is 5.59. The first-order valence-corrected chi connectivity index (χ1v) is 7.90. The van der Waals surface area contributed by atoms with E-state index in [9.17, 15) is 8.78 Å². The highest BCUT2D eigenvalue weighted by molar-refractivity contribution is 5.83. The number of alkyl halides is 2. The van der Waals surface area contributed by atoms with E-state index in [0.29, 0.717) is 28.4 Å². The first kappa shape index (κ1) is 16.1. The smallest absolute Gasteiger partial charge is 0.263 e. The molecule has 26 heavy (non-hydrogen) atoms. The molecule has 130 valence electrons. The van der Waals surface area contributed by atoms with Crippen LogP contribution in [-0.2, 0) is 0 Å². The minimum atomic E-state index is -2.55. The van der Waals surface area contributed by atoms with Crippen LogP contribution in [0.3, 0.4) is 0 Å². The molecule has 3 aromatic heterocycles. The third kappa shape index (κ3) is 2.77. The van der Waals surface area contributed by atoms with Gasteiger partial charge in [-0.1, -0.05) is 12.1 Å². The van der Waals surface area contributed by atoms with E-state index in [0.717, 1.165) is 5.69 Å². The predicted octanol–water partition coefficient (Wildman–Crippen LogP) is 4.43. The first-order chi connectivity index (χ1) is 12.7. The Labute approximate surface area is 147 Å². The van der Waals surface area contributed by atoms with Gasteiger partial charge in [0, 0.05) is 17.8 Å². The topological polar surface area (TPSA) is 52.8 Å². The lowest BCUT2D eigenvalue weighted by Gasteiger charge is -2.09. The average Bonchev–Trinajstić information content (AvgIpc) is 3.07. The molecule has 0 atom stereocenters. The molecule has 0 bridgehead atoms. The number of hydrogen-bond donors (Lipinski definition) is 0. The van der Waals surface area contributed by atoms with E-state index in [1.54, 1.807) is 37.7 Å². The summed E-state index contributed by atoms with van der Waals surface area (Å²) in [5, 5.41) is 0. The van der Waals surface area contributed by atoms with Crippen molar-refractivity contribution in [3.8, 4) is 23.1 Å². The Kier molecular flexibility index (Phi) is 4.04. The van der Waals surface area contributed by atoms with Crippen LogP contribution in [0.4, 0.5) is 8.78 Å². The zero-order valence-electron chi connectivity index (χ0n) is 13.8. The van der Waals surface area contributed by atoms with Crippen molar-refractivity contribution in [3.05, 3.63) is 66.5 Å². The summed E-state index contributed by atoms with van der Waals surface area (Å²) in [4.78, 5) is 13.1. The van der Waals surface area contributed by atoms with Crippen molar-refractivity contribution in [3.63, 3.8) is 0 Å². The van der Waals surface area contributed by atoms with E-state index in [1.165, 1.54) is 12.1 Å². The minimum absolute atomic E-state index is 0.0671. The van der Waals surface area contributed by atoms with Crippen LogP contribution in [0.25, 0.3) is 28.2 Å². The molecule has 4 rings (SSSR count). The van der Waals surface area contributed by atoms with Crippen molar-refractivity contribution < 1.29 is 13.5 Å². The van der Waals surface area contributed by atoms with Gasteiger partial charge in [-0.2, -0.15) is 0 Å². The van der Waals surface area contributed by atoms with Crippen molar-refractivity contribution in [1.29, 1.82) is 0 Å². The van der Waals surface area contributed by atoms with Crippen LogP contribution in [-0.4, -0.2) is 26.6 Å². The number of imidazole rings is 1. The number of ether oxygens (including phenoxy) is 1. The fourth-order valence-electron chi connectivity index (χ4n) is 2.79. The highest BCUT2D eigenvalue weighted by Crippen LogP contribution is 2.30. The van der Waals surface area contributed by atoms with Crippen LogP contribution >= 0.6 is 0 Å². The standard InChI is InChI=1S/C19H14F2N4O/c1-26-17-8-6-13(11-23-17)25-16-7-5-12(18(20)21)10-15(16)24-19(25)14-4-2-3-9-22-14/h2-11,18H,1H3. The Morgan fingerprint density at radius 2 is 1.92 bits per heavy atom. The molecule has 4 aromatic rings. The van der Waals surface area contributed by atoms with Gasteiger partial charge in [-0.25, -0.2) is 18.7 Å². The molecule has 0 unspecified atom stereocenters. The van der Waals surface area contributed by atoms with Gasteiger partial charge in [0.05, 0.1) is 30.0 Å². The molecule has 3 heterocycles. The van der Waals surface area contributed by atoms with E-state index >= 15 is 0 Å². The van der Waals surface area contributed by atoms with E-state index < -0.39 is 6.43 Å². The number of hydrogen-bond acceptors (Lipinski definition) is 4. The summed E-state index contributed by atoms with van der Waals surface area (Å²) in [5.74, 6) is 1.04. The van der Waals surface area contributed by atoms with Gasteiger partial charge >= 0.3 is 0 Å². The van der Waals surface area contributed by atoms with Gasteiger partial charge in [0.2, 0.25) is 5.88 Å². The molecular formula is C19H14F2N4O. The average molecular weight is 352 g/mol. The normalized spacial score (nSPS) is 11.2. The number of benzene rings is 1. The number of pyridine rings is 2. The van der Waals surface area contributed by atoms with Crippen LogP contribution in [0.15, 0.2) is 60.9 Å². The fraction of sp³-hybridized carbons (Fsp3) is 0.105. The Hall–Kier alpha value is -3.35. The van der Waals surface area contributed by atoms with Crippen molar-refractivity contribution in [2.75, 3.05) is 7.11 Å². The Morgan fingerprint density at radius 1 is 1.04 bits per heavy atom. The highest BCUT2D eigenvalue weighted by atomic mass is 19.3. The molecule has 0 fully saturated rings. The van der Waals surface area contributed by atoms with Crippen LogP contribution < -0.4 is 4.74 Å². The molecule has 1 aromatic carbocycles. The summed E-state index contributed by atoms with van der Waals surface area (Å²) < 4.78 is 33.1. The number of fused-ring (bicyclic) bond motifs is 1. The first-order valence-electron chi connectivity index (χ1n) is 7.90. The van der Waals surface area contributed by atoms with Crippen molar-refractivity contribution >= 4 is 11.0 Å². The molecular weight excluding hydrogens is 338 g/mol. The maximum Gasteiger partial charge on any atom is 0.263 e. The van der Waals surface area contributed by atoms with E-state index in [2.05, 4.69) is 15.0 Å². The maximum atomic E-state index is 13.1. The molecule has 0 aliphatic heterocycles. The van der Waals surface area contributed by atoms with Crippen molar-refractivity contribution in [1.82, 2.24) is 19.5 Å². The molecule has 5 nitrogen and oxygen atoms in total. The predicted molar refractivity (Wildman–Crippen MR) is 93.6 cm³/mol. The van der Waals surface area contributed by atoms with Gasteiger partial charge in [0.15, 0.2) is 5.82 Å². The van der Waals surface area contributed by atoms with Crippen LogP contribution in [0.1, 0.15) is 12.0 Å². The second-order valence-corrected chi connectivity index (χ2v) is 5.59. The van der Waals surface area contributed by atoms with E-state index in [-0.39, 0.29) is 5.56 Å². The van der Waals surface area contributed by atoms with Crippen LogP contribution in [0.2, 0.25) is 0 Å². The van der Waals surface area contributed by atoms with Crippen molar-refractivity contribution in [2.45, 2.75) is 6.43 Å². The number of methoxy groups -OCH3 is 1. The molecule has 0 amide bonds. The molecule has 0 saturated heterocycles. The maximum absolute atomic E-state index is 13.1.